The summed E-state index contributed by atoms with van der Waals surface area (Å²) in [6.07, 6.45) is 7.37. The number of ether oxygens (including phenoxy) is 1. The number of amides is 1. The Labute approximate surface area is 172 Å². The number of carboxylic acid groups (broad SMARTS) is 1. The first-order valence-electron chi connectivity index (χ1n) is 10.5. The van der Waals surface area contributed by atoms with Gasteiger partial charge in [-0.05, 0) is 31.7 Å². The van der Waals surface area contributed by atoms with E-state index in [9.17, 15) is 14.7 Å². The van der Waals surface area contributed by atoms with Gasteiger partial charge in [0.2, 0.25) is 5.91 Å². The number of carboxylic acids is 1. The second-order valence-corrected chi connectivity index (χ2v) is 8.70. The van der Waals surface area contributed by atoms with Crippen LogP contribution in [0.15, 0.2) is 36.4 Å². The lowest BCUT2D eigenvalue weighted by Crippen LogP contribution is -2.49. The number of rotatable bonds is 5. The van der Waals surface area contributed by atoms with Crippen molar-refractivity contribution in [2.24, 2.45) is 17.3 Å². The van der Waals surface area contributed by atoms with Gasteiger partial charge in [0.25, 0.3) is 0 Å². The number of likely N-dealkylation sites (tertiary alicyclic amines) is 2. The van der Waals surface area contributed by atoms with Gasteiger partial charge in [0.15, 0.2) is 0 Å². The highest BCUT2D eigenvalue weighted by Crippen LogP contribution is 2.46. The molecular formula is C23H30N2O4. The molecule has 29 heavy (non-hydrogen) atoms. The molecule has 6 heteroatoms. The van der Waals surface area contributed by atoms with Crippen LogP contribution in [-0.4, -0.2) is 60.1 Å². The van der Waals surface area contributed by atoms with Crippen molar-refractivity contribution in [3.8, 4) is 5.75 Å². The largest absolute Gasteiger partial charge is 0.496 e. The maximum Gasteiger partial charge on any atom is 0.308 e. The highest BCUT2D eigenvalue weighted by atomic mass is 16.5. The average molecular weight is 399 g/mol. The molecule has 1 aliphatic carbocycles. The molecule has 1 spiro atoms. The topological polar surface area (TPSA) is 70.1 Å². The van der Waals surface area contributed by atoms with Crippen molar-refractivity contribution >= 4 is 11.9 Å². The SMILES string of the molecule is COc1ccccc1CN1CC(C(=O)O)C2(CCN(C(=O)C3CC=CC3)CC2)C1. The number of para-hydroxylation sites is 1. The van der Waals surface area contributed by atoms with Crippen LogP contribution < -0.4 is 4.74 Å². The van der Waals surface area contributed by atoms with Crippen molar-refractivity contribution < 1.29 is 19.4 Å². The third kappa shape index (κ3) is 3.90. The minimum atomic E-state index is -0.715. The molecule has 1 amide bonds. The van der Waals surface area contributed by atoms with Gasteiger partial charge in [-0.2, -0.15) is 0 Å². The van der Waals surface area contributed by atoms with Crippen molar-refractivity contribution in [1.29, 1.82) is 0 Å². The molecule has 0 bridgehead atoms. The summed E-state index contributed by atoms with van der Waals surface area (Å²) in [4.78, 5) is 29.0. The van der Waals surface area contributed by atoms with Crippen molar-refractivity contribution in [3.63, 3.8) is 0 Å². The zero-order valence-corrected chi connectivity index (χ0v) is 17.0. The van der Waals surface area contributed by atoms with E-state index in [0.717, 1.165) is 43.5 Å². The second-order valence-electron chi connectivity index (χ2n) is 8.70. The quantitative estimate of drug-likeness (QED) is 0.773. The molecule has 1 aromatic rings. The fraction of sp³-hybridized carbons (Fsp3) is 0.565. The van der Waals surface area contributed by atoms with Gasteiger partial charge in [-0.15, -0.1) is 0 Å². The first kappa shape index (κ1) is 20.0. The molecule has 4 rings (SSSR count). The number of methoxy groups -OCH3 is 1. The minimum Gasteiger partial charge on any atom is -0.496 e. The number of allylic oxidation sites excluding steroid dienone is 2. The molecule has 3 aliphatic rings. The number of hydrogen-bond acceptors (Lipinski definition) is 4. The summed E-state index contributed by atoms with van der Waals surface area (Å²) in [6, 6.07) is 7.91. The van der Waals surface area contributed by atoms with Crippen LogP contribution in [0.25, 0.3) is 0 Å². The number of nitrogens with zero attached hydrogens (tertiary/aromatic N) is 2. The minimum absolute atomic E-state index is 0.0879. The molecule has 2 heterocycles. The smallest absolute Gasteiger partial charge is 0.308 e. The van der Waals surface area contributed by atoms with E-state index in [4.69, 9.17) is 4.74 Å². The van der Waals surface area contributed by atoms with Crippen LogP contribution in [0.5, 0.6) is 5.75 Å². The molecule has 1 unspecified atom stereocenters. The maximum atomic E-state index is 12.7. The fourth-order valence-corrected chi connectivity index (χ4v) is 5.36. The Morgan fingerprint density at radius 2 is 1.86 bits per heavy atom. The van der Waals surface area contributed by atoms with Crippen LogP contribution >= 0.6 is 0 Å². The van der Waals surface area contributed by atoms with Crippen LogP contribution in [-0.2, 0) is 16.1 Å². The van der Waals surface area contributed by atoms with E-state index in [2.05, 4.69) is 17.1 Å². The summed E-state index contributed by atoms with van der Waals surface area (Å²) in [5.74, 6) is 0.0614. The Kier molecular flexibility index (Phi) is 5.63. The predicted molar refractivity (Wildman–Crippen MR) is 110 cm³/mol. The molecule has 1 aromatic carbocycles. The Morgan fingerprint density at radius 1 is 1.17 bits per heavy atom. The summed E-state index contributed by atoms with van der Waals surface area (Å²) in [7, 11) is 1.66. The molecule has 1 atom stereocenters. The molecule has 156 valence electrons. The van der Waals surface area contributed by atoms with Crippen molar-refractivity contribution in [2.75, 3.05) is 33.3 Å². The zero-order valence-electron chi connectivity index (χ0n) is 17.0. The summed E-state index contributed by atoms with van der Waals surface area (Å²) in [6.45, 7) is 3.33. The first-order chi connectivity index (χ1) is 14.0. The first-order valence-corrected chi connectivity index (χ1v) is 10.5. The summed E-state index contributed by atoms with van der Waals surface area (Å²) >= 11 is 0. The maximum absolute atomic E-state index is 12.7. The number of benzene rings is 1. The van der Waals surface area contributed by atoms with Gasteiger partial charge in [0, 0.05) is 49.6 Å². The number of carbonyl (C=O) groups is 2. The molecule has 1 N–H and O–H groups in total. The Bertz CT molecular complexity index is 790. The van der Waals surface area contributed by atoms with Crippen molar-refractivity contribution in [2.45, 2.75) is 32.2 Å². The molecule has 0 saturated carbocycles. The van der Waals surface area contributed by atoms with E-state index in [1.807, 2.05) is 29.2 Å². The number of carbonyl (C=O) groups excluding carboxylic acids is 1. The summed E-state index contributed by atoms with van der Waals surface area (Å²) in [5, 5.41) is 9.92. The van der Waals surface area contributed by atoms with Gasteiger partial charge in [0.1, 0.15) is 5.75 Å². The normalized spacial score (nSPS) is 24.3. The fourth-order valence-electron chi connectivity index (χ4n) is 5.36. The lowest BCUT2D eigenvalue weighted by atomic mass is 9.70. The highest BCUT2D eigenvalue weighted by molar-refractivity contribution is 5.80. The van der Waals surface area contributed by atoms with Gasteiger partial charge >= 0.3 is 5.97 Å². The van der Waals surface area contributed by atoms with Gasteiger partial charge in [-0.1, -0.05) is 30.4 Å². The van der Waals surface area contributed by atoms with E-state index in [-0.39, 0.29) is 23.2 Å². The number of piperidine rings is 1. The zero-order chi connectivity index (χ0) is 20.4. The molecule has 6 nitrogen and oxygen atoms in total. The van der Waals surface area contributed by atoms with Gasteiger partial charge in [0.05, 0.1) is 13.0 Å². The lowest BCUT2D eigenvalue weighted by Gasteiger charge is -2.42. The van der Waals surface area contributed by atoms with E-state index in [0.29, 0.717) is 26.2 Å². The van der Waals surface area contributed by atoms with Crippen molar-refractivity contribution in [3.05, 3.63) is 42.0 Å². The summed E-state index contributed by atoms with van der Waals surface area (Å²) in [5.41, 5.74) is 0.830. The second kappa shape index (κ2) is 8.19. The Hall–Kier alpha value is -2.34. The highest BCUT2D eigenvalue weighted by Gasteiger charge is 2.51. The average Bonchev–Trinajstić information content (AvgIpc) is 3.37. The number of aliphatic carboxylic acids is 1. The molecular weight excluding hydrogens is 368 g/mol. The van der Waals surface area contributed by atoms with Gasteiger partial charge in [-0.25, -0.2) is 0 Å². The van der Waals surface area contributed by atoms with Crippen LogP contribution in [0.2, 0.25) is 0 Å². The van der Waals surface area contributed by atoms with E-state index < -0.39 is 5.97 Å². The predicted octanol–water partition coefficient (Wildman–Crippen LogP) is 2.79. The van der Waals surface area contributed by atoms with Gasteiger partial charge in [-0.3, -0.25) is 14.5 Å². The van der Waals surface area contributed by atoms with E-state index in [1.165, 1.54) is 0 Å². The number of hydrogen-bond donors (Lipinski definition) is 1. The van der Waals surface area contributed by atoms with Crippen LogP contribution in [0.3, 0.4) is 0 Å². The van der Waals surface area contributed by atoms with Crippen molar-refractivity contribution in [1.82, 2.24) is 9.80 Å². The van der Waals surface area contributed by atoms with Crippen LogP contribution in [0.1, 0.15) is 31.2 Å². The lowest BCUT2D eigenvalue weighted by molar-refractivity contribution is -0.147. The van der Waals surface area contributed by atoms with Gasteiger partial charge < -0.3 is 14.7 Å². The Balaban J connectivity index is 1.44. The van der Waals surface area contributed by atoms with E-state index in [1.54, 1.807) is 7.11 Å². The standard InChI is InChI=1S/C23H30N2O4/c1-29-20-9-5-4-8-18(20)14-24-15-19(22(27)28)23(16-24)10-12-25(13-11-23)21(26)17-6-2-3-7-17/h2-5,8-9,17,19H,6-7,10-16H2,1H3,(H,27,28). The van der Waals surface area contributed by atoms with Crippen LogP contribution in [0, 0.1) is 17.3 Å². The molecule has 2 fully saturated rings. The third-order valence-corrected chi connectivity index (χ3v) is 7.03. The summed E-state index contributed by atoms with van der Waals surface area (Å²) < 4.78 is 5.46. The Morgan fingerprint density at radius 3 is 2.52 bits per heavy atom. The van der Waals surface area contributed by atoms with Crippen LogP contribution in [0.4, 0.5) is 0 Å². The molecule has 2 aliphatic heterocycles. The van der Waals surface area contributed by atoms with E-state index >= 15 is 0 Å². The third-order valence-electron chi connectivity index (χ3n) is 7.03. The monoisotopic (exact) mass is 398 g/mol. The molecule has 2 saturated heterocycles. The molecule has 0 aromatic heterocycles. The molecule has 0 radical (unpaired) electrons.